The van der Waals surface area contributed by atoms with Gasteiger partial charge in [-0.1, -0.05) is 24.3 Å². The van der Waals surface area contributed by atoms with Gasteiger partial charge in [0.05, 0.1) is 31.5 Å². The number of aliphatic hydroxyl groups excluding tert-OH is 1. The Labute approximate surface area is 191 Å². The zero-order valence-electron chi connectivity index (χ0n) is 18.4. The number of aromatic hydroxyl groups is 1. The Morgan fingerprint density at radius 1 is 0.909 bits per heavy atom. The molecule has 33 heavy (non-hydrogen) atoms. The monoisotopic (exact) mass is 445 g/mol. The van der Waals surface area contributed by atoms with Crippen molar-refractivity contribution in [2.45, 2.75) is 13.0 Å². The van der Waals surface area contributed by atoms with Crippen molar-refractivity contribution in [3.05, 3.63) is 89.0 Å². The molecule has 0 aliphatic carbocycles. The van der Waals surface area contributed by atoms with E-state index in [9.17, 15) is 19.8 Å². The van der Waals surface area contributed by atoms with E-state index in [1.54, 1.807) is 61.7 Å². The number of methoxy groups -OCH3 is 2. The largest absolute Gasteiger partial charge is 0.508 e. The number of phenolic OH excluding ortho intramolecular Hbond substituents is 1. The zero-order chi connectivity index (χ0) is 23.7. The molecule has 1 aliphatic heterocycles. The lowest BCUT2D eigenvalue weighted by atomic mass is 9.94. The summed E-state index contributed by atoms with van der Waals surface area (Å²) in [5, 5.41) is 21.0. The van der Waals surface area contributed by atoms with Gasteiger partial charge in [0, 0.05) is 5.56 Å². The highest BCUT2D eigenvalue weighted by Gasteiger charge is 2.47. The van der Waals surface area contributed by atoms with E-state index < -0.39 is 17.7 Å². The number of aryl methyl sites for hydroxylation is 1. The van der Waals surface area contributed by atoms with Crippen LogP contribution in [0.25, 0.3) is 5.76 Å². The van der Waals surface area contributed by atoms with Gasteiger partial charge in [-0.15, -0.1) is 0 Å². The van der Waals surface area contributed by atoms with Crippen LogP contribution >= 0.6 is 0 Å². The number of Topliss-reactive ketones (excluding diaryl/α,β-unsaturated/α-hetero) is 1. The van der Waals surface area contributed by atoms with Crippen LogP contribution in [0.5, 0.6) is 17.2 Å². The summed E-state index contributed by atoms with van der Waals surface area (Å²) in [6, 6.07) is 17.1. The van der Waals surface area contributed by atoms with Gasteiger partial charge >= 0.3 is 0 Å². The van der Waals surface area contributed by atoms with E-state index in [1.165, 1.54) is 24.1 Å². The Morgan fingerprint density at radius 3 is 2.21 bits per heavy atom. The van der Waals surface area contributed by atoms with Crippen molar-refractivity contribution in [1.82, 2.24) is 0 Å². The minimum absolute atomic E-state index is 0.0405. The molecule has 1 atom stereocenters. The Bertz CT molecular complexity index is 1260. The predicted octanol–water partition coefficient (Wildman–Crippen LogP) is 4.34. The lowest BCUT2D eigenvalue weighted by Gasteiger charge is -2.26. The molecule has 4 rings (SSSR count). The Hall–Kier alpha value is -4.26. The van der Waals surface area contributed by atoms with Crippen LogP contribution in [0.2, 0.25) is 0 Å². The topological polar surface area (TPSA) is 96.3 Å². The van der Waals surface area contributed by atoms with Crippen molar-refractivity contribution in [3.63, 3.8) is 0 Å². The van der Waals surface area contributed by atoms with Gasteiger partial charge in [0.25, 0.3) is 11.7 Å². The van der Waals surface area contributed by atoms with Crippen molar-refractivity contribution in [3.8, 4) is 17.2 Å². The van der Waals surface area contributed by atoms with Gasteiger partial charge in [-0.3, -0.25) is 14.5 Å². The molecule has 3 aromatic rings. The molecule has 7 heteroatoms. The number of ether oxygens (including phenoxy) is 2. The quantitative estimate of drug-likeness (QED) is 0.345. The third-order valence-electron chi connectivity index (χ3n) is 5.67. The van der Waals surface area contributed by atoms with Crippen molar-refractivity contribution < 1.29 is 29.3 Å². The van der Waals surface area contributed by atoms with E-state index in [0.717, 1.165) is 5.56 Å². The van der Waals surface area contributed by atoms with Gasteiger partial charge in [0.1, 0.15) is 23.0 Å². The van der Waals surface area contributed by atoms with Crippen LogP contribution in [0.1, 0.15) is 22.7 Å². The van der Waals surface area contributed by atoms with E-state index in [1.807, 2.05) is 6.92 Å². The molecule has 0 bridgehead atoms. The summed E-state index contributed by atoms with van der Waals surface area (Å²) < 4.78 is 10.7. The van der Waals surface area contributed by atoms with Crippen molar-refractivity contribution in [2.75, 3.05) is 19.1 Å². The molecule has 3 aromatic carbocycles. The SMILES string of the molecule is COc1ccc(/C(O)=C2/C(=O)C(=O)N(c3ccccc3OC)C2c2ccc(O)cc2)cc1C. The molecule has 0 saturated carbocycles. The molecular weight excluding hydrogens is 422 g/mol. The van der Waals surface area contributed by atoms with Gasteiger partial charge in [0.2, 0.25) is 0 Å². The number of anilines is 1. The molecule has 0 spiro atoms. The summed E-state index contributed by atoms with van der Waals surface area (Å²) in [5.41, 5.74) is 2.03. The van der Waals surface area contributed by atoms with Gasteiger partial charge < -0.3 is 19.7 Å². The maximum absolute atomic E-state index is 13.2. The van der Waals surface area contributed by atoms with Gasteiger partial charge in [-0.25, -0.2) is 0 Å². The zero-order valence-corrected chi connectivity index (χ0v) is 18.4. The molecule has 0 aromatic heterocycles. The first-order valence-corrected chi connectivity index (χ1v) is 10.2. The number of amides is 1. The van der Waals surface area contributed by atoms with Crippen molar-refractivity contribution in [1.29, 1.82) is 0 Å². The number of hydrogen-bond donors (Lipinski definition) is 2. The number of carbonyl (C=O) groups excluding carboxylic acids is 2. The third-order valence-corrected chi connectivity index (χ3v) is 5.67. The van der Waals surface area contributed by atoms with Crippen molar-refractivity contribution >= 4 is 23.1 Å². The number of ketones is 1. The maximum atomic E-state index is 13.2. The Kier molecular flexibility index (Phi) is 5.79. The van der Waals surface area contributed by atoms with E-state index in [-0.39, 0.29) is 17.1 Å². The van der Waals surface area contributed by atoms with Crippen LogP contribution < -0.4 is 14.4 Å². The van der Waals surface area contributed by atoms with E-state index in [2.05, 4.69) is 0 Å². The third kappa shape index (κ3) is 3.78. The van der Waals surface area contributed by atoms with Crippen LogP contribution in [-0.2, 0) is 9.59 Å². The highest BCUT2D eigenvalue weighted by molar-refractivity contribution is 6.51. The fourth-order valence-electron chi connectivity index (χ4n) is 4.06. The highest BCUT2D eigenvalue weighted by Crippen LogP contribution is 2.45. The lowest BCUT2D eigenvalue weighted by molar-refractivity contribution is -0.132. The smallest absolute Gasteiger partial charge is 0.300 e. The molecule has 168 valence electrons. The second kappa shape index (κ2) is 8.70. The van der Waals surface area contributed by atoms with Gasteiger partial charge in [-0.2, -0.15) is 0 Å². The van der Waals surface area contributed by atoms with E-state index >= 15 is 0 Å². The van der Waals surface area contributed by atoms with Crippen LogP contribution in [0.4, 0.5) is 5.69 Å². The second-order valence-electron chi connectivity index (χ2n) is 7.62. The molecule has 1 amide bonds. The molecule has 1 aliphatic rings. The molecule has 7 nitrogen and oxygen atoms in total. The van der Waals surface area contributed by atoms with E-state index in [0.29, 0.717) is 28.3 Å². The molecule has 2 N–H and O–H groups in total. The number of phenols is 1. The lowest BCUT2D eigenvalue weighted by Crippen LogP contribution is -2.29. The Balaban J connectivity index is 1.96. The first-order chi connectivity index (χ1) is 15.9. The number of aliphatic hydroxyl groups is 1. The summed E-state index contributed by atoms with van der Waals surface area (Å²) in [7, 11) is 3.02. The molecular formula is C26H23NO6. The first kappa shape index (κ1) is 22.0. The summed E-state index contributed by atoms with van der Waals surface area (Å²) >= 11 is 0. The highest BCUT2D eigenvalue weighted by atomic mass is 16.5. The number of para-hydroxylation sites is 2. The van der Waals surface area contributed by atoms with Crippen molar-refractivity contribution in [2.24, 2.45) is 0 Å². The van der Waals surface area contributed by atoms with Crippen LogP contribution in [0.15, 0.2) is 72.3 Å². The van der Waals surface area contributed by atoms with Crippen LogP contribution in [0, 0.1) is 6.92 Å². The average molecular weight is 445 g/mol. The Morgan fingerprint density at radius 2 is 1.58 bits per heavy atom. The normalized spacial score (nSPS) is 17.3. The minimum atomic E-state index is -0.927. The minimum Gasteiger partial charge on any atom is -0.508 e. The molecule has 0 radical (unpaired) electrons. The second-order valence-corrected chi connectivity index (χ2v) is 7.62. The first-order valence-electron chi connectivity index (χ1n) is 10.2. The number of benzene rings is 3. The number of nitrogens with zero attached hydrogens (tertiary/aromatic N) is 1. The summed E-state index contributed by atoms with van der Waals surface area (Å²) in [5.74, 6) is -0.817. The van der Waals surface area contributed by atoms with Gasteiger partial charge in [-0.05, 0) is 60.5 Å². The number of hydrogen-bond acceptors (Lipinski definition) is 6. The maximum Gasteiger partial charge on any atom is 0.300 e. The fraction of sp³-hybridized carbons (Fsp3) is 0.154. The average Bonchev–Trinajstić information content (AvgIpc) is 3.09. The molecule has 1 fully saturated rings. The molecule has 1 saturated heterocycles. The summed E-state index contributed by atoms with van der Waals surface area (Å²) in [4.78, 5) is 27.8. The number of rotatable bonds is 5. The van der Waals surface area contributed by atoms with Gasteiger partial charge in [0.15, 0.2) is 0 Å². The summed E-state index contributed by atoms with van der Waals surface area (Å²) in [6.07, 6.45) is 0. The number of carbonyl (C=O) groups is 2. The molecule has 1 heterocycles. The predicted molar refractivity (Wildman–Crippen MR) is 124 cm³/mol. The fourth-order valence-corrected chi connectivity index (χ4v) is 4.06. The molecule has 1 unspecified atom stereocenters. The van der Waals surface area contributed by atoms with E-state index in [4.69, 9.17) is 9.47 Å². The van der Waals surface area contributed by atoms with Crippen LogP contribution in [-0.4, -0.2) is 36.1 Å². The van der Waals surface area contributed by atoms with Crippen LogP contribution in [0.3, 0.4) is 0 Å². The standard InChI is InChI=1S/C26H23NO6/c1-15-14-17(10-13-20(15)32-2)24(29)22-23(16-8-11-18(28)12-9-16)27(26(31)25(22)30)19-6-4-5-7-21(19)33-3/h4-14,23,28-29H,1-3H3/b24-22-. The summed E-state index contributed by atoms with van der Waals surface area (Å²) in [6.45, 7) is 1.82.